The first kappa shape index (κ1) is 9.87. The van der Waals surface area contributed by atoms with Gasteiger partial charge < -0.3 is 0 Å². The molecule has 0 radical (unpaired) electrons. The predicted octanol–water partition coefficient (Wildman–Crippen LogP) is 3.07. The Balaban J connectivity index is 2.52. The van der Waals surface area contributed by atoms with Crippen molar-refractivity contribution in [1.82, 2.24) is 0 Å². The van der Waals surface area contributed by atoms with Gasteiger partial charge in [0.05, 0.1) is 20.0 Å². The van der Waals surface area contributed by atoms with E-state index >= 15 is 0 Å². The zero-order chi connectivity index (χ0) is 9.03. The van der Waals surface area contributed by atoms with Crippen molar-refractivity contribution in [3.63, 3.8) is 0 Å². The van der Waals surface area contributed by atoms with Crippen LogP contribution in [0.3, 0.4) is 0 Å². The summed E-state index contributed by atoms with van der Waals surface area (Å²) in [5, 5.41) is 0. The lowest BCUT2D eigenvalue weighted by molar-refractivity contribution is 0.0615. The van der Waals surface area contributed by atoms with Crippen molar-refractivity contribution in [2.75, 3.05) is 20.0 Å². The molecule has 1 unspecified atom stereocenters. The van der Waals surface area contributed by atoms with Crippen molar-refractivity contribution in [3.05, 3.63) is 0 Å². The molecular formula is C9H15F3. The molecule has 1 aliphatic rings. The first-order chi connectivity index (χ1) is 5.76. The minimum atomic E-state index is -0.838. The van der Waals surface area contributed by atoms with E-state index in [-0.39, 0.29) is 5.92 Å². The summed E-state index contributed by atoms with van der Waals surface area (Å²) in [6.07, 6.45) is 2.52. The third-order valence-electron chi connectivity index (χ3n) is 2.83. The summed E-state index contributed by atoms with van der Waals surface area (Å²) in [6, 6.07) is 0. The molecule has 3 heteroatoms. The maximum atomic E-state index is 12.5. The Morgan fingerprint density at radius 2 is 1.83 bits per heavy atom. The van der Waals surface area contributed by atoms with Crippen molar-refractivity contribution < 1.29 is 13.2 Å². The van der Waals surface area contributed by atoms with Crippen LogP contribution in [-0.2, 0) is 0 Å². The zero-order valence-corrected chi connectivity index (χ0v) is 7.16. The molecule has 0 N–H and O–H groups in total. The number of alkyl halides is 3. The fourth-order valence-electron chi connectivity index (χ4n) is 1.99. The second-order valence-corrected chi connectivity index (χ2v) is 3.88. The van der Waals surface area contributed by atoms with Crippen LogP contribution in [0.25, 0.3) is 0 Å². The molecule has 12 heavy (non-hydrogen) atoms. The van der Waals surface area contributed by atoms with Gasteiger partial charge in [-0.25, -0.2) is 0 Å². The molecular weight excluding hydrogens is 165 g/mol. The molecule has 0 nitrogen and oxygen atoms in total. The van der Waals surface area contributed by atoms with Crippen molar-refractivity contribution in [1.29, 1.82) is 0 Å². The molecule has 0 aromatic heterocycles. The summed E-state index contributed by atoms with van der Waals surface area (Å²) in [4.78, 5) is 0. The smallest absolute Gasteiger partial charge is 0.0975 e. The minimum Gasteiger partial charge on any atom is -0.251 e. The van der Waals surface area contributed by atoms with E-state index in [2.05, 4.69) is 0 Å². The Labute approximate surface area is 71.1 Å². The molecule has 72 valence electrons. The summed E-state index contributed by atoms with van der Waals surface area (Å²) >= 11 is 0. The van der Waals surface area contributed by atoms with E-state index in [1.807, 2.05) is 0 Å². The van der Waals surface area contributed by atoms with Gasteiger partial charge in [-0.3, -0.25) is 13.2 Å². The third-order valence-corrected chi connectivity index (χ3v) is 2.83. The Hall–Kier alpha value is -0.210. The SMILES string of the molecule is FCC1CCCC(CF)(CF)C1. The highest BCUT2D eigenvalue weighted by Crippen LogP contribution is 2.40. The number of halogens is 3. The summed E-state index contributed by atoms with van der Waals surface area (Å²) in [5.41, 5.74) is -0.838. The molecule has 0 saturated heterocycles. The van der Waals surface area contributed by atoms with Crippen LogP contribution in [-0.4, -0.2) is 20.0 Å². The Morgan fingerprint density at radius 1 is 1.17 bits per heavy atom. The maximum Gasteiger partial charge on any atom is 0.0975 e. The molecule has 0 spiro atoms. The normalized spacial score (nSPS) is 28.8. The standard InChI is InChI=1S/C9H15F3/c10-5-8-2-1-3-9(4-8,6-11)7-12/h8H,1-7H2. The Kier molecular flexibility index (Phi) is 3.41. The number of hydrogen-bond donors (Lipinski definition) is 0. The van der Waals surface area contributed by atoms with Gasteiger partial charge in [-0.2, -0.15) is 0 Å². The first-order valence-corrected chi connectivity index (χ1v) is 4.44. The zero-order valence-electron chi connectivity index (χ0n) is 7.16. The highest BCUT2D eigenvalue weighted by atomic mass is 19.1. The van der Waals surface area contributed by atoms with Gasteiger partial charge in [-0.1, -0.05) is 6.42 Å². The highest BCUT2D eigenvalue weighted by Gasteiger charge is 2.36. The van der Waals surface area contributed by atoms with Gasteiger partial charge >= 0.3 is 0 Å². The Morgan fingerprint density at radius 3 is 2.33 bits per heavy atom. The van der Waals surface area contributed by atoms with Gasteiger partial charge in [0.15, 0.2) is 0 Å². The quantitative estimate of drug-likeness (QED) is 0.626. The van der Waals surface area contributed by atoms with Crippen LogP contribution in [0.5, 0.6) is 0 Å². The van der Waals surface area contributed by atoms with Crippen LogP contribution in [0.15, 0.2) is 0 Å². The van der Waals surface area contributed by atoms with Crippen LogP contribution in [0.1, 0.15) is 25.7 Å². The van der Waals surface area contributed by atoms with E-state index in [1.54, 1.807) is 0 Å². The summed E-state index contributed by atoms with van der Waals surface area (Å²) in [7, 11) is 0. The van der Waals surface area contributed by atoms with E-state index in [1.165, 1.54) is 0 Å². The van der Waals surface area contributed by atoms with E-state index in [9.17, 15) is 13.2 Å². The predicted molar refractivity (Wildman–Crippen MR) is 42.3 cm³/mol. The molecule has 0 bridgehead atoms. The summed E-state index contributed by atoms with van der Waals surface area (Å²) in [5.74, 6) is -0.106. The second-order valence-electron chi connectivity index (χ2n) is 3.88. The fraction of sp³-hybridized carbons (Fsp3) is 1.00. The van der Waals surface area contributed by atoms with Crippen LogP contribution in [0, 0.1) is 11.3 Å². The molecule has 0 aromatic rings. The highest BCUT2D eigenvalue weighted by molar-refractivity contribution is 4.85. The van der Waals surface area contributed by atoms with Gasteiger partial charge in [0.2, 0.25) is 0 Å². The summed E-state index contributed by atoms with van der Waals surface area (Å²) in [6.45, 7) is -1.71. The van der Waals surface area contributed by atoms with Gasteiger partial charge in [0.1, 0.15) is 0 Å². The minimum absolute atomic E-state index is 0.106. The van der Waals surface area contributed by atoms with Crippen LogP contribution in [0.4, 0.5) is 13.2 Å². The molecule has 0 aromatic carbocycles. The molecule has 1 saturated carbocycles. The van der Waals surface area contributed by atoms with Crippen LogP contribution < -0.4 is 0 Å². The fourth-order valence-corrected chi connectivity index (χ4v) is 1.99. The van der Waals surface area contributed by atoms with E-state index < -0.39 is 25.4 Å². The molecule has 0 amide bonds. The molecule has 1 atom stereocenters. The maximum absolute atomic E-state index is 12.5. The van der Waals surface area contributed by atoms with Crippen molar-refractivity contribution in [3.8, 4) is 0 Å². The van der Waals surface area contributed by atoms with Crippen molar-refractivity contribution in [2.24, 2.45) is 11.3 Å². The lowest BCUT2D eigenvalue weighted by Crippen LogP contribution is -2.33. The van der Waals surface area contributed by atoms with Gasteiger partial charge in [-0.05, 0) is 25.2 Å². The molecule has 1 fully saturated rings. The van der Waals surface area contributed by atoms with E-state index in [0.717, 1.165) is 12.8 Å². The lowest BCUT2D eigenvalue weighted by Gasteiger charge is -2.35. The van der Waals surface area contributed by atoms with Gasteiger partial charge in [0, 0.05) is 5.41 Å². The number of hydrogen-bond acceptors (Lipinski definition) is 0. The van der Waals surface area contributed by atoms with Crippen LogP contribution in [0.2, 0.25) is 0 Å². The van der Waals surface area contributed by atoms with Gasteiger partial charge in [-0.15, -0.1) is 0 Å². The second kappa shape index (κ2) is 4.15. The Bertz CT molecular complexity index is 132. The average Bonchev–Trinajstić information content (AvgIpc) is 2.18. The first-order valence-electron chi connectivity index (χ1n) is 4.44. The van der Waals surface area contributed by atoms with Crippen molar-refractivity contribution >= 4 is 0 Å². The van der Waals surface area contributed by atoms with E-state index in [4.69, 9.17) is 0 Å². The average molecular weight is 180 g/mol. The van der Waals surface area contributed by atoms with Crippen LogP contribution >= 0.6 is 0 Å². The van der Waals surface area contributed by atoms with Gasteiger partial charge in [0.25, 0.3) is 0 Å². The molecule has 0 heterocycles. The summed E-state index contributed by atoms with van der Waals surface area (Å²) < 4.78 is 37.2. The topological polar surface area (TPSA) is 0 Å². The molecule has 1 rings (SSSR count). The van der Waals surface area contributed by atoms with Crippen molar-refractivity contribution in [2.45, 2.75) is 25.7 Å². The monoisotopic (exact) mass is 180 g/mol. The lowest BCUT2D eigenvalue weighted by atomic mass is 9.71. The largest absolute Gasteiger partial charge is 0.251 e. The molecule has 0 aliphatic heterocycles. The number of rotatable bonds is 3. The molecule has 1 aliphatic carbocycles. The van der Waals surface area contributed by atoms with E-state index in [0.29, 0.717) is 12.8 Å². The third kappa shape index (κ3) is 1.93.